The highest BCUT2D eigenvalue weighted by Crippen LogP contribution is 2.25. The van der Waals surface area contributed by atoms with E-state index in [1.54, 1.807) is 6.33 Å². The van der Waals surface area contributed by atoms with Crippen LogP contribution in [0.1, 0.15) is 31.5 Å². The van der Waals surface area contributed by atoms with E-state index in [2.05, 4.69) is 20.3 Å². The van der Waals surface area contributed by atoms with Gasteiger partial charge in [0.25, 0.3) is 0 Å². The van der Waals surface area contributed by atoms with Crippen LogP contribution in [0.5, 0.6) is 0 Å². The van der Waals surface area contributed by atoms with Crippen LogP contribution in [0.25, 0.3) is 0 Å². The van der Waals surface area contributed by atoms with Crippen LogP contribution in [-0.2, 0) is 13.6 Å². The lowest BCUT2D eigenvalue weighted by Gasteiger charge is -2.28. The molecule has 1 N–H and O–H groups in total. The molecule has 0 aromatic carbocycles. The molecule has 2 fully saturated rings. The molecule has 0 bridgehead atoms. The molecule has 94 valence electrons. The highest BCUT2D eigenvalue weighted by Gasteiger charge is 2.33. The van der Waals surface area contributed by atoms with Crippen LogP contribution in [0.2, 0.25) is 0 Å². The zero-order valence-electron chi connectivity index (χ0n) is 10.5. The van der Waals surface area contributed by atoms with Gasteiger partial charge < -0.3 is 5.32 Å². The van der Waals surface area contributed by atoms with Gasteiger partial charge in [0, 0.05) is 19.1 Å². The van der Waals surface area contributed by atoms with E-state index < -0.39 is 0 Å². The molecule has 5 heteroatoms. The minimum absolute atomic E-state index is 0.700. The van der Waals surface area contributed by atoms with Crippen LogP contribution in [0.15, 0.2) is 6.33 Å². The molecule has 0 radical (unpaired) electrons. The third-order valence-corrected chi connectivity index (χ3v) is 4.13. The monoisotopic (exact) mass is 235 g/mol. The second kappa shape index (κ2) is 4.74. The third-order valence-electron chi connectivity index (χ3n) is 4.13. The molecule has 0 amide bonds. The summed E-state index contributed by atoms with van der Waals surface area (Å²) in [6, 6.07) is 1.40. The van der Waals surface area contributed by atoms with E-state index in [4.69, 9.17) is 0 Å². The van der Waals surface area contributed by atoms with Crippen LogP contribution >= 0.6 is 0 Å². The second-order valence-electron chi connectivity index (χ2n) is 5.18. The molecule has 0 aliphatic carbocycles. The van der Waals surface area contributed by atoms with Crippen LogP contribution in [0, 0.1) is 0 Å². The highest BCUT2D eigenvalue weighted by molar-refractivity contribution is 4.95. The molecule has 0 saturated carbocycles. The van der Waals surface area contributed by atoms with E-state index in [1.165, 1.54) is 38.8 Å². The van der Waals surface area contributed by atoms with Gasteiger partial charge in [0.15, 0.2) is 0 Å². The number of rotatable bonds is 3. The minimum atomic E-state index is 0.700. The lowest BCUT2D eigenvalue weighted by atomic mass is 10.0. The van der Waals surface area contributed by atoms with Crippen molar-refractivity contribution >= 4 is 0 Å². The first-order chi connectivity index (χ1) is 8.34. The van der Waals surface area contributed by atoms with Gasteiger partial charge in [-0.1, -0.05) is 0 Å². The molecule has 2 unspecified atom stereocenters. The van der Waals surface area contributed by atoms with Gasteiger partial charge in [-0.05, 0) is 38.8 Å². The SMILES string of the molecule is Cn1ncnc1CN1CCCC1C1CCCN1. The zero-order chi connectivity index (χ0) is 11.7. The first-order valence-electron chi connectivity index (χ1n) is 6.65. The van der Waals surface area contributed by atoms with E-state index in [1.807, 2.05) is 11.7 Å². The van der Waals surface area contributed by atoms with Gasteiger partial charge in [0.05, 0.1) is 6.54 Å². The summed E-state index contributed by atoms with van der Waals surface area (Å²) < 4.78 is 1.89. The molecule has 2 aliphatic heterocycles. The number of aromatic nitrogens is 3. The van der Waals surface area contributed by atoms with Crippen molar-refractivity contribution in [3.05, 3.63) is 12.2 Å². The summed E-state index contributed by atoms with van der Waals surface area (Å²) in [6.07, 6.45) is 6.96. The van der Waals surface area contributed by atoms with E-state index >= 15 is 0 Å². The van der Waals surface area contributed by atoms with Crippen molar-refractivity contribution in [1.29, 1.82) is 0 Å². The predicted octanol–water partition coefficient (Wildman–Crippen LogP) is 0.531. The maximum absolute atomic E-state index is 4.33. The molecule has 2 atom stereocenters. The Morgan fingerprint density at radius 3 is 3.06 bits per heavy atom. The Balaban J connectivity index is 1.67. The standard InChI is InChI=1S/C12H21N5/c1-16-12(14-9-15-16)8-17-7-3-5-11(17)10-4-2-6-13-10/h9-11,13H,2-8H2,1H3. The number of aryl methyl sites for hydroxylation is 1. The fourth-order valence-corrected chi connectivity index (χ4v) is 3.19. The van der Waals surface area contributed by atoms with Gasteiger partial charge in [-0.3, -0.25) is 9.58 Å². The lowest BCUT2D eigenvalue weighted by molar-refractivity contribution is 0.199. The summed E-state index contributed by atoms with van der Waals surface area (Å²) >= 11 is 0. The summed E-state index contributed by atoms with van der Waals surface area (Å²) in [5.74, 6) is 1.08. The van der Waals surface area contributed by atoms with E-state index in [-0.39, 0.29) is 0 Å². The average Bonchev–Trinajstić information content (AvgIpc) is 3.02. The molecule has 17 heavy (non-hydrogen) atoms. The van der Waals surface area contributed by atoms with Crippen LogP contribution in [0.3, 0.4) is 0 Å². The van der Waals surface area contributed by atoms with Crippen molar-refractivity contribution in [1.82, 2.24) is 25.0 Å². The van der Waals surface area contributed by atoms with Gasteiger partial charge in [0.1, 0.15) is 12.2 Å². The van der Waals surface area contributed by atoms with Crippen molar-refractivity contribution in [3.63, 3.8) is 0 Å². The molecule has 2 aliphatic rings. The van der Waals surface area contributed by atoms with Gasteiger partial charge >= 0.3 is 0 Å². The van der Waals surface area contributed by atoms with E-state index in [9.17, 15) is 0 Å². The summed E-state index contributed by atoms with van der Waals surface area (Å²) in [7, 11) is 1.97. The Hall–Kier alpha value is -0.940. The van der Waals surface area contributed by atoms with Gasteiger partial charge in [0.2, 0.25) is 0 Å². The summed E-state index contributed by atoms with van der Waals surface area (Å²) in [4.78, 5) is 6.91. The first-order valence-corrected chi connectivity index (χ1v) is 6.65. The molecular formula is C12H21N5. The number of nitrogens with one attached hydrogen (secondary N) is 1. The molecular weight excluding hydrogens is 214 g/mol. The van der Waals surface area contributed by atoms with Crippen LogP contribution in [-0.4, -0.2) is 44.8 Å². The zero-order valence-corrected chi connectivity index (χ0v) is 10.5. The van der Waals surface area contributed by atoms with Crippen molar-refractivity contribution in [2.45, 2.75) is 44.3 Å². The van der Waals surface area contributed by atoms with Gasteiger partial charge in [-0.2, -0.15) is 5.10 Å². The normalized spacial score (nSPS) is 30.2. The number of hydrogen-bond donors (Lipinski definition) is 1. The number of likely N-dealkylation sites (tertiary alicyclic amines) is 1. The minimum Gasteiger partial charge on any atom is -0.312 e. The van der Waals surface area contributed by atoms with Crippen LogP contribution < -0.4 is 5.32 Å². The lowest BCUT2D eigenvalue weighted by Crippen LogP contribution is -2.43. The van der Waals surface area contributed by atoms with Crippen molar-refractivity contribution in [2.75, 3.05) is 13.1 Å². The fourth-order valence-electron chi connectivity index (χ4n) is 3.19. The van der Waals surface area contributed by atoms with E-state index in [0.29, 0.717) is 12.1 Å². The molecule has 3 rings (SSSR count). The Labute approximate surface area is 102 Å². The molecule has 0 spiro atoms. The topological polar surface area (TPSA) is 46.0 Å². The molecule has 1 aromatic rings. The number of nitrogens with zero attached hydrogens (tertiary/aromatic N) is 4. The Morgan fingerprint density at radius 1 is 1.41 bits per heavy atom. The summed E-state index contributed by atoms with van der Waals surface area (Å²) in [5, 5.41) is 7.78. The number of hydrogen-bond acceptors (Lipinski definition) is 4. The Bertz CT molecular complexity index is 369. The van der Waals surface area contributed by atoms with Crippen molar-refractivity contribution in [3.8, 4) is 0 Å². The molecule has 2 saturated heterocycles. The van der Waals surface area contributed by atoms with Gasteiger partial charge in [-0.25, -0.2) is 4.98 Å². The Kier molecular flexibility index (Phi) is 3.11. The van der Waals surface area contributed by atoms with Crippen LogP contribution in [0.4, 0.5) is 0 Å². The first kappa shape index (κ1) is 11.2. The molecule has 5 nitrogen and oxygen atoms in total. The van der Waals surface area contributed by atoms with Crippen molar-refractivity contribution in [2.24, 2.45) is 7.05 Å². The Morgan fingerprint density at radius 2 is 2.35 bits per heavy atom. The smallest absolute Gasteiger partial charge is 0.140 e. The average molecular weight is 235 g/mol. The van der Waals surface area contributed by atoms with E-state index in [0.717, 1.165) is 12.4 Å². The molecule has 1 aromatic heterocycles. The third kappa shape index (κ3) is 2.21. The summed E-state index contributed by atoms with van der Waals surface area (Å²) in [6.45, 7) is 3.34. The largest absolute Gasteiger partial charge is 0.312 e. The fraction of sp³-hybridized carbons (Fsp3) is 0.833. The van der Waals surface area contributed by atoms with Crippen molar-refractivity contribution < 1.29 is 0 Å². The quantitative estimate of drug-likeness (QED) is 0.830. The second-order valence-corrected chi connectivity index (χ2v) is 5.18. The predicted molar refractivity (Wildman–Crippen MR) is 65.5 cm³/mol. The maximum atomic E-state index is 4.33. The van der Waals surface area contributed by atoms with Gasteiger partial charge in [-0.15, -0.1) is 0 Å². The molecule has 3 heterocycles. The highest BCUT2D eigenvalue weighted by atomic mass is 15.3. The maximum Gasteiger partial charge on any atom is 0.140 e. The summed E-state index contributed by atoms with van der Waals surface area (Å²) in [5.41, 5.74) is 0.